The third-order valence-corrected chi connectivity index (χ3v) is 2.36. The van der Waals surface area contributed by atoms with Crippen molar-refractivity contribution in [2.45, 2.75) is 6.92 Å². The van der Waals surface area contributed by atoms with Crippen LogP contribution in [0.1, 0.15) is 5.56 Å². The van der Waals surface area contributed by atoms with E-state index in [2.05, 4.69) is 10.7 Å². The van der Waals surface area contributed by atoms with Crippen LogP contribution in [0, 0.1) is 6.92 Å². The number of nitrogens with zero attached hydrogens (tertiary/aromatic N) is 1. The summed E-state index contributed by atoms with van der Waals surface area (Å²) >= 11 is 0. The van der Waals surface area contributed by atoms with Crippen LogP contribution < -0.4 is 10.7 Å². The number of aryl methyl sites for hydroxylation is 1. The molecule has 0 unspecified atom stereocenters. The van der Waals surface area contributed by atoms with Crippen molar-refractivity contribution >= 4 is 11.6 Å². The molecule has 1 amide bonds. The van der Waals surface area contributed by atoms with E-state index in [1.807, 2.05) is 55.7 Å². The second-order valence-electron chi connectivity index (χ2n) is 3.84. The lowest BCUT2D eigenvalue weighted by Crippen LogP contribution is -2.26. The summed E-state index contributed by atoms with van der Waals surface area (Å²) in [7, 11) is 0. The van der Waals surface area contributed by atoms with Gasteiger partial charge in [0.1, 0.15) is 6.54 Å². The summed E-state index contributed by atoms with van der Waals surface area (Å²) in [6.07, 6.45) is 3.69. The number of nitrogens with one attached hydrogen (secondary N) is 2. The second kappa shape index (κ2) is 5.21. The Bertz CT molecular complexity index is 474. The predicted octanol–water partition coefficient (Wildman–Crippen LogP) is 1.98. The zero-order valence-electron chi connectivity index (χ0n) is 9.68. The molecule has 0 aliphatic heterocycles. The van der Waals surface area contributed by atoms with Crippen molar-refractivity contribution in [1.29, 1.82) is 0 Å². The van der Waals surface area contributed by atoms with Crippen molar-refractivity contribution in [1.82, 2.24) is 4.68 Å². The molecule has 1 aromatic heterocycles. The number of amides is 1. The van der Waals surface area contributed by atoms with Crippen LogP contribution in [0.4, 0.5) is 5.69 Å². The van der Waals surface area contributed by atoms with Crippen molar-refractivity contribution in [3.63, 3.8) is 0 Å². The molecule has 0 aliphatic carbocycles. The highest BCUT2D eigenvalue weighted by Gasteiger charge is 2.01. The Kier molecular flexibility index (Phi) is 3.45. The Morgan fingerprint density at radius 3 is 2.47 bits per heavy atom. The van der Waals surface area contributed by atoms with E-state index in [1.165, 1.54) is 5.56 Å². The number of hydrogen-bond donors (Lipinski definition) is 2. The molecule has 2 rings (SSSR count). The lowest BCUT2D eigenvalue weighted by atomic mass is 10.2. The van der Waals surface area contributed by atoms with E-state index in [0.29, 0.717) is 0 Å². The van der Waals surface area contributed by atoms with Gasteiger partial charge in [0.2, 0.25) is 5.91 Å². The monoisotopic (exact) mass is 229 g/mol. The number of anilines is 1. The molecular formula is C13H15N3O. The van der Waals surface area contributed by atoms with Crippen LogP contribution in [0.2, 0.25) is 0 Å². The van der Waals surface area contributed by atoms with Crippen LogP contribution in [0.5, 0.6) is 0 Å². The molecule has 0 spiro atoms. The van der Waals surface area contributed by atoms with E-state index in [0.717, 1.165) is 5.69 Å². The molecule has 0 saturated heterocycles. The molecule has 88 valence electrons. The summed E-state index contributed by atoms with van der Waals surface area (Å²) in [5.41, 5.74) is 4.95. The Balaban J connectivity index is 1.83. The molecule has 1 heterocycles. The highest BCUT2D eigenvalue weighted by molar-refractivity contribution is 5.92. The molecule has 0 bridgehead atoms. The summed E-state index contributed by atoms with van der Waals surface area (Å²) in [5, 5.41) is 2.82. The molecule has 0 fully saturated rings. The maximum absolute atomic E-state index is 11.6. The quantitative estimate of drug-likeness (QED) is 0.842. The maximum atomic E-state index is 11.6. The zero-order chi connectivity index (χ0) is 12.1. The fraction of sp³-hybridized carbons (Fsp3) is 0.154. The number of carbonyl (C=O) groups is 1. The van der Waals surface area contributed by atoms with Crippen LogP contribution in [0.15, 0.2) is 48.8 Å². The van der Waals surface area contributed by atoms with Gasteiger partial charge in [-0.2, -0.15) is 0 Å². The fourth-order valence-electron chi connectivity index (χ4n) is 1.45. The van der Waals surface area contributed by atoms with Crippen molar-refractivity contribution in [2.75, 3.05) is 17.3 Å². The van der Waals surface area contributed by atoms with E-state index < -0.39 is 0 Å². The number of hydrogen-bond acceptors (Lipinski definition) is 2. The summed E-state index contributed by atoms with van der Waals surface area (Å²) in [6.45, 7) is 2.25. The minimum atomic E-state index is -0.0671. The lowest BCUT2D eigenvalue weighted by Gasteiger charge is -2.08. The number of rotatable bonds is 4. The minimum Gasteiger partial charge on any atom is -0.325 e. The van der Waals surface area contributed by atoms with Gasteiger partial charge >= 0.3 is 0 Å². The van der Waals surface area contributed by atoms with Gasteiger partial charge in [-0.25, -0.2) is 0 Å². The van der Waals surface area contributed by atoms with Gasteiger partial charge in [-0.05, 0) is 31.2 Å². The van der Waals surface area contributed by atoms with E-state index in [9.17, 15) is 4.79 Å². The standard InChI is InChI=1S/C13H15N3O/c1-11-4-6-12(7-5-11)15-13(17)10-14-16-8-2-3-9-16/h2-9,14H,10H2,1H3,(H,15,17). The Hall–Kier alpha value is -2.23. The number of aromatic nitrogens is 1. The zero-order valence-corrected chi connectivity index (χ0v) is 9.68. The minimum absolute atomic E-state index is 0.0671. The average molecular weight is 229 g/mol. The molecular weight excluding hydrogens is 214 g/mol. The normalized spacial score (nSPS) is 9.94. The fourth-order valence-corrected chi connectivity index (χ4v) is 1.45. The summed E-state index contributed by atoms with van der Waals surface area (Å²) in [5.74, 6) is -0.0671. The third-order valence-electron chi connectivity index (χ3n) is 2.36. The van der Waals surface area contributed by atoms with Crippen LogP contribution in [0.3, 0.4) is 0 Å². The molecule has 0 aliphatic rings. The smallest absolute Gasteiger partial charge is 0.245 e. The van der Waals surface area contributed by atoms with Gasteiger partial charge in [-0.15, -0.1) is 0 Å². The Morgan fingerprint density at radius 2 is 1.82 bits per heavy atom. The third kappa shape index (κ3) is 3.38. The predicted molar refractivity (Wildman–Crippen MR) is 68.5 cm³/mol. The molecule has 2 N–H and O–H groups in total. The summed E-state index contributed by atoms with van der Waals surface area (Å²) < 4.78 is 1.74. The first kappa shape index (κ1) is 11.3. The number of benzene rings is 1. The molecule has 0 saturated carbocycles. The van der Waals surface area contributed by atoms with E-state index >= 15 is 0 Å². The first-order valence-electron chi connectivity index (χ1n) is 5.47. The van der Waals surface area contributed by atoms with Crippen molar-refractivity contribution < 1.29 is 4.79 Å². The van der Waals surface area contributed by atoms with Gasteiger partial charge in [-0.3, -0.25) is 9.47 Å². The largest absolute Gasteiger partial charge is 0.325 e. The van der Waals surface area contributed by atoms with Crippen molar-refractivity contribution in [3.8, 4) is 0 Å². The molecule has 1 aromatic carbocycles. The van der Waals surface area contributed by atoms with Gasteiger partial charge < -0.3 is 10.7 Å². The topological polar surface area (TPSA) is 46.1 Å². The number of carbonyl (C=O) groups excluding carboxylic acids is 1. The van der Waals surface area contributed by atoms with E-state index in [4.69, 9.17) is 0 Å². The van der Waals surface area contributed by atoms with Crippen LogP contribution in [0.25, 0.3) is 0 Å². The lowest BCUT2D eigenvalue weighted by molar-refractivity contribution is -0.114. The summed E-state index contributed by atoms with van der Waals surface area (Å²) in [4.78, 5) is 11.6. The van der Waals surface area contributed by atoms with Gasteiger partial charge in [0.05, 0.1) is 0 Å². The van der Waals surface area contributed by atoms with Gasteiger partial charge in [0.25, 0.3) is 0 Å². The van der Waals surface area contributed by atoms with Gasteiger partial charge in [-0.1, -0.05) is 17.7 Å². The first-order valence-corrected chi connectivity index (χ1v) is 5.47. The van der Waals surface area contributed by atoms with E-state index in [-0.39, 0.29) is 12.5 Å². The van der Waals surface area contributed by atoms with Crippen LogP contribution >= 0.6 is 0 Å². The first-order chi connectivity index (χ1) is 8.24. The molecule has 2 aromatic rings. The van der Waals surface area contributed by atoms with Crippen LogP contribution in [-0.2, 0) is 4.79 Å². The van der Waals surface area contributed by atoms with Gasteiger partial charge in [0.15, 0.2) is 0 Å². The van der Waals surface area contributed by atoms with E-state index in [1.54, 1.807) is 4.68 Å². The molecule has 17 heavy (non-hydrogen) atoms. The van der Waals surface area contributed by atoms with Crippen molar-refractivity contribution in [3.05, 3.63) is 54.4 Å². The Morgan fingerprint density at radius 1 is 1.18 bits per heavy atom. The molecule has 0 radical (unpaired) electrons. The molecule has 4 heteroatoms. The molecule has 0 atom stereocenters. The maximum Gasteiger partial charge on any atom is 0.245 e. The highest BCUT2D eigenvalue weighted by Crippen LogP contribution is 2.07. The Labute approximate surface area is 100 Å². The van der Waals surface area contributed by atoms with Gasteiger partial charge in [0, 0.05) is 18.1 Å². The summed E-state index contributed by atoms with van der Waals surface area (Å²) in [6, 6.07) is 11.5. The molecule has 4 nitrogen and oxygen atoms in total. The SMILES string of the molecule is Cc1ccc(NC(=O)CNn2cccc2)cc1. The second-order valence-corrected chi connectivity index (χ2v) is 3.84. The van der Waals surface area contributed by atoms with Crippen molar-refractivity contribution in [2.24, 2.45) is 0 Å². The average Bonchev–Trinajstić information content (AvgIpc) is 2.83. The highest BCUT2D eigenvalue weighted by atomic mass is 16.2. The van der Waals surface area contributed by atoms with Crippen LogP contribution in [-0.4, -0.2) is 17.1 Å².